The molecule has 2 heteroatoms. The first kappa shape index (κ1) is 17.7. The molecular formula is C18H35NSi. The van der Waals surface area contributed by atoms with E-state index in [4.69, 9.17) is 4.99 Å². The third kappa shape index (κ3) is 5.55. The second-order valence-electron chi connectivity index (χ2n) is 6.65. The standard InChI is InChI=1S/C18H35NSi/c1-5-20(4,6-2)17(3)18-15-13-11-9-7-8-10-12-14-16-19-18/h3,5-16H2,1-2,4H3. The van der Waals surface area contributed by atoms with Gasteiger partial charge in [-0.05, 0) is 24.5 Å². The van der Waals surface area contributed by atoms with Crippen LogP contribution >= 0.6 is 0 Å². The summed E-state index contributed by atoms with van der Waals surface area (Å²) < 4.78 is 0. The van der Waals surface area contributed by atoms with Crippen LogP contribution in [0.3, 0.4) is 0 Å². The van der Waals surface area contributed by atoms with Gasteiger partial charge in [0.25, 0.3) is 0 Å². The van der Waals surface area contributed by atoms with Gasteiger partial charge in [-0.15, -0.1) is 0 Å². The van der Waals surface area contributed by atoms with Crippen LogP contribution in [-0.4, -0.2) is 20.3 Å². The summed E-state index contributed by atoms with van der Waals surface area (Å²) in [6, 6.07) is 2.61. The van der Waals surface area contributed by atoms with Crippen LogP contribution in [0.15, 0.2) is 16.8 Å². The van der Waals surface area contributed by atoms with Gasteiger partial charge in [0.1, 0.15) is 0 Å². The van der Waals surface area contributed by atoms with Crippen molar-refractivity contribution < 1.29 is 0 Å². The van der Waals surface area contributed by atoms with Crippen LogP contribution in [0.25, 0.3) is 0 Å². The van der Waals surface area contributed by atoms with Gasteiger partial charge in [-0.3, -0.25) is 4.99 Å². The summed E-state index contributed by atoms with van der Waals surface area (Å²) in [6.45, 7) is 12.7. The summed E-state index contributed by atoms with van der Waals surface area (Å²) in [5.74, 6) is 0. The first-order chi connectivity index (χ1) is 9.64. The Labute approximate surface area is 128 Å². The fourth-order valence-electron chi connectivity index (χ4n) is 3.03. The normalized spacial score (nSPS) is 19.6. The van der Waals surface area contributed by atoms with Crippen molar-refractivity contribution in [3.8, 4) is 0 Å². The van der Waals surface area contributed by atoms with E-state index in [1.807, 2.05) is 0 Å². The summed E-state index contributed by atoms with van der Waals surface area (Å²) in [4.78, 5) is 4.97. The molecule has 20 heavy (non-hydrogen) atoms. The summed E-state index contributed by atoms with van der Waals surface area (Å²) in [6.07, 6.45) is 12.2. The van der Waals surface area contributed by atoms with Crippen molar-refractivity contribution in [1.82, 2.24) is 0 Å². The number of hydrogen-bond donors (Lipinski definition) is 0. The van der Waals surface area contributed by atoms with Crippen LogP contribution < -0.4 is 0 Å². The third-order valence-corrected chi connectivity index (χ3v) is 10.1. The average molecular weight is 294 g/mol. The molecule has 0 radical (unpaired) electrons. The Balaban J connectivity index is 2.72. The van der Waals surface area contributed by atoms with E-state index in [2.05, 4.69) is 27.0 Å². The maximum atomic E-state index is 4.97. The van der Waals surface area contributed by atoms with Crippen LogP contribution in [0.4, 0.5) is 0 Å². The third-order valence-electron chi connectivity index (χ3n) is 5.26. The van der Waals surface area contributed by atoms with Gasteiger partial charge in [0, 0.05) is 12.3 Å². The van der Waals surface area contributed by atoms with E-state index in [0.29, 0.717) is 0 Å². The summed E-state index contributed by atoms with van der Waals surface area (Å²) in [5, 5.41) is 1.46. The molecular weight excluding hydrogens is 258 g/mol. The Hall–Kier alpha value is -0.373. The fraction of sp³-hybridized carbons (Fsp3) is 0.833. The minimum atomic E-state index is -1.30. The Morgan fingerprint density at radius 2 is 1.45 bits per heavy atom. The van der Waals surface area contributed by atoms with E-state index < -0.39 is 8.07 Å². The van der Waals surface area contributed by atoms with E-state index in [-0.39, 0.29) is 0 Å². The van der Waals surface area contributed by atoms with Crippen molar-refractivity contribution >= 4 is 13.8 Å². The second kappa shape index (κ2) is 9.54. The van der Waals surface area contributed by atoms with Crippen molar-refractivity contribution in [3.05, 3.63) is 11.8 Å². The maximum absolute atomic E-state index is 4.97. The Morgan fingerprint density at radius 1 is 0.950 bits per heavy atom. The van der Waals surface area contributed by atoms with E-state index in [1.54, 1.807) is 0 Å². The van der Waals surface area contributed by atoms with Crippen molar-refractivity contribution in [1.29, 1.82) is 0 Å². The molecule has 0 bridgehead atoms. The van der Waals surface area contributed by atoms with Crippen LogP contribution in [0.2, 0.25) is 18.6 Å². The van der Waals surface area contributed by atoms with Gasteiger partial charge >= 0.3 is 0 Å². The molecule has 0 saturated heterocycles. The molecule has 0 fully saturated rings. The molecule has 0 aliphatic carbocycles. The topological polar surface area (TPSA) is 12.4 Å². The number of hydrogen-bond acceptors (Lipinski definition) is 1. The predicted octanol–water partition coefficient (Wildman–Crippen LogP) is 6.17. The molecule has 1 aliphatic rings. The monoisotopic (exact) mass is 293 g/mol. The molecule has 1 aliphatic heterocycles. The quantitative estimate of drug-likeness (QED) is 0.550. The van der Waals surface area contributed by atoms with E-state index in [1.165, 1.54) is 80.8 Å². The highest BCUT2D eigenvalue weighted by molar-refractivity contribution is 6.89. The fourth-order valence-corrected chi connectivity index (χ4v) is 5.28. The molecule has 0 atom stereocenters. The molecule has 0 N–H and O–H groups in total. The van der Waals surface area contributed by atoms with E-state index >= 15 is 0 Å². The molecule has 1 heterocycles. The lowest BCUT2D eigenvalue weighted by molar-refractivity contribution is 0.569. The SMILES string of the molecule is C=C(C1=NCCCCCCCCCC1)[Si](C)(CC)CC. The number of rotatable bonds is 4. The molecule has 0 saturated carbocycles. The van der Waals surface area contributed by atoms with Crippen LogP contribution in [-0.2, 0) is 0 Å². The van der Waals surface area contributed by atoms with Gasteiger partial charge in [-0.1, -0.05) is 77.6 Å². The predicted molar refractivity (Wildman–Crippen MR) is 95.6 cm³/mol. The van der Waals surface area contributed by atoms with Crippen molar-refractivity contribution in [3.63, 3.8) is 0 Å². The highest BCUT2D eigenvalue weighted by Gasteiger charge is 2.28. The minimum absolute atomic E-state index is 1.03. The molecule has 1 nitrogen and oxygen atoms in total. The maximum Gasteiger partial charge on any atom is 0.0847 e. The van der Waals surface area contributed by atoms with Gasteiger partial charge in [0.2, 0.25) is 0 Å². The lowest BCUT2D eigenvalue weighted by Crippen LogP contribution is -2.35. The zero-order valence-corrected chi connectivity index (χ0v) is 15.1. The van der Waals surface area contributed by atoms with Crippen molar-refractivity contribution in [2.75, 3.05) is 6.54 Å². The molecule has 0 aromatic rings. The Morgan fingerprint density at radius 3 is 2.00 bits per heavy atom. The number of allylic oxidation sites excluding steroid dienone is 1. The van der Waals surface area contributed by atoms with Gasteiger partial charge in [0.05, 0.1) is 8.07 Å². The smallest absolute Gasteiger partial charge is 0.0847 e. The van der Waals surface area contributed by atoms with Crippen LogP contribution in [0.1, 0.15) is 71.6 Å². The first-order valence-electron chi connectivity index (χ1n) is 8.87. The molecule has 116 valence electrons. The Kier molecular flexibility index (Phi) is 8.43. The zero-order valence-electron chi connectivity index (χ0n) is 14.1. The van der Waals surface area contributed by atoms with Crippen LogP contribution in [0.5, 0.6) is 0 Å². The molecule has 0 unspecified atom stereocenters. The zero-order chi connectivity index (χ0) is 14.8. The number of nitrogens with zero attached hydrogens (tertiary/aromatic N) is 1. The van der Waals surface area contributed by atoms with Gasteiger partial charge in [-0.2, -0.15) is 0 Å². The molecule has 0 amide bonds. The van der Waals surface area contributed by atoms with E-state index in [0.717, 1.165) is 6.54 Å². The largest absolute Gasteiger partial charge is 0.290 e. The minimum Gasteiger partial charge on any atom is -0.290 e. The molecule has 0 aromatic heterocycles. The van der Waals surface area contributed by atoms with Crippen molar-refractivity contribution in [2.24, 2.45) is 4.99 Å². The molecule has 0 aromatic carbocycles. The lowest BCUT2D eigenvalue weighted by Gasteiger charge is -2.28. The van der Waals surface area contributed by atoms with E-state index in [9.17, 15) is 0 Å². The molecule has 1 rings (SSSR count). The van der Waals surface area contributed by atoms with Crippen molar-refractivity contribution in [2.45, 2.75) is 90.3 Å². The highest BCUT2D eigenvalue weighted by atomic mass is 28.3. The van der Waals surface area contributed by atoms with Gasteiger partial charge in [0.15, 0.2) is 0 Å². The highest BCUT2D eigenvalue weighted by Crippen LogP contribution is 2.26. The second-order valence-corrected chi connectivity index (χ2v) is 11.8. The average Bonchev–Trinajstić information content (AvgIpc) is 2.46. The lowest BCUT2D eigenvalue weighted by atomic mass is 10.0. The molecule has 0 spiro atoms. The van der Waals surface area contributed by atoms with Crippen LogP contribution in [0, 0.1) is 0 Å². The van der Waals surface area contributed by atoms with Gasteiger partial charge < -0.3 is 0 Å². The summed E-state index contributed by atoms with van der Waals surface area (Å²) in [7, 11) is -1.30. The number of aliphatic imine (C=N–C) groups is 1. The first-order valence-corrected chi connectivity index (χ1v) is 11.8. The van der Waals surface area contributed by atoms with Gasteiger partial charge in [-0.25, -0.2) is 0 Å². The summed E-state index contributed by atoms with van der Waals surface area (Å²) in [5.41, 5.74) is 1.39. The summed E-state index contributed by atoms with van der Waals surface area (Å²) >= 11 is 0. The Bertz CT molecular complexity index is 315.